The van der Waals surface area contributed by atoms with E-state index in [2.05, 4.69) is 37.9 Å². The lowest BCUT2D eigenvalue weighted by Crippen LogP contribution is -2.40. The minimum absolute atomic E-state index is 0.635. The topological polar surface area (TPSA) is 41.1 Å². The van der Waals surface area contributed by atoms with Gasteiger partial charge in [0.1, 0.15) is 17.5 Å². The van der Waals surface area contributed by atoms with Crippen LogP contribution >= 0.6 is 0 Å². The van der Waals surface area contributed by atoms with Gasteiger partial charge in [0.05, 0.1) is 0 Å². The number of piperidine rings is 1. The highest BCUT2D eigenvalue weighted by molar-refractivity contribution is 5.59. The first kappa shape index (κ1) is 16.1. The van der Waals surface area contributed by atoms with E-state index >= 15 is 0 Å². The Bertz CT molecular complexity index is 458. The van der Waals surface area contributed by atoms with Crippen molar-refractivity contribution in [2.24, 2.45) is 0 Å². The van der Waals surface area contributed by atoms with Crippen LogP contribution in [0.15, 0.2) is 0 Å². The van der Waals surface area contributed by atoms with Crippen LogP contribution in [0.25, 0.3) is 0 Å². The standard InChI is InChI=1S/C17H30N4/c1-5-10-15-19-16(18-7-3)13(4)17(20-15)21-12-9-8-11-14(21)6-2/h14H,5-12H2,1-4H3,(H,18,19,20). The molecule has 2 rings (SSSR count). The van der Waals surface area contributed by atoms with Crippen LogP contribution in [0.1, 0.15) is 64.3 Å². The van der Waals surface area contributed by atoms with Gasteiger partial charge in [-0.25, -0.2) is 9.97 Å². The lowest BCUT2D eigenvalue weighted by atomic mass is 9.99. The summed E-state index contributed by atoms with van der Waals surface area (Å²) in [7, 11) is 0. The van der Waals surface area contributed by atoms with Gasteiger partial charge in [-0.2, -0.15) is 0 Å². The number of hydrogen-bond acceptors (Lipinski definition) is 4. The van der Waals surface area contributed by atoms with Gasteiger partial charge in [0.25, 0.3) is 0 Å². The summed E-state index contributed by atoms with van der Waals surface area (Å²) in [5.41, 5.74) is 1.21. The monoisotopic (exact) mass is 290 g/mol. The Balaban J connectivity index is 2.39. The van der Waals surface area contributed by atoms with E-state index in [4.69, 9.17) is 9.97 Å². The molecule has 0 spiro atoms. The fraction of sp³-hybridized carbons (Fsp3) is 0.765. The summed E-state index contributed by atoms with van der Waals surface area (Å²) in [5.74, 6) is 3.16. The lowest BCUT2D eigenvalue weighted by Gasteiger charge is -2.37. The van der Waals surface area contributed by atoms with E-state index in [0.29, 0.717) is 6.04 Å². The second kappa shape index (κ2) is 7.62. The molecule has 4 nitrogen and oxygen atoms in total. The highest BCUT2D eigenvalue weighted by Crippen LogP contribution is 2.30. The molecule has 0 aliphatic carbocycles. The fourth-order valence-electron chi connectivity index (χ4n) is 3.21. The van der Waals surface area contributed by atoms with Gasteiger partial charge < -0.3 is 10.2 Å². The van der Waals surface area contributed by atoms with Crippen LogP contribution in [0.5, 0.6) is 0 Å². The van der Waals surface area contributed by atoms with E-state index in [0.717, 1.165) is 43.4 Å². The number of nitrogens with one attached hydrogen (secondary N) is 1. The molecule has 4 heteroatoms. The summed E-state index contributed by atoms with van der Waals surface area (Å²) < 4.78 is 0. The maximum absolute atomic E-state index is 4.90. The molecule has 1 N–H and O–H groups in total. The Morgan fingerprint density at radius 3 is 2.67 bits per heavy atom. The molecule has 0 bridgehead atoms. The van der Waals surface area contributed by atoms with Gasteiger partial charge in [-0.15, -0.1) is 0 Å². The van der Waals surface area contributed by atoms with Gasteiger partial charge in [-0.3, -0.25) is 0 Å². The SMILES string of the molecule is CCCc1nc(NCC)c(C)c(N2CCCCC2CC)n1. The number of hydrogen-bond donors (Lipinski definition) is 1. The summed E-state index contributed by atoms with van der Waals surface area (Å²) in [6.45, 7) is 10.8. The third-order valence-corrected chi connectivity index (χ3v) is 4.35. The van der Waals surface area contributed by atoms with Crippen molar-refractivity contribution < 1.29 is 0 Å². The van der Waals surface area contributed by atoms with Crippen molar-refractivity contribution in [3.63, 3.8) is 0 Å². The van der Waals surface area contributed by atoms with Crippen molar-refractivity contribution in [2.45, 2.75) is 72.3 Å². The Morgan fingerprint density at radius 1 is 1.19 bits per heavy atom. The van der Waals surface area contributed by atoms with E-state index in [1.165, 1.54) is 31.2 Å². The molecule has 0 saturated carbocycles. The van der Waals surface area contributed by atoms with Crippen LogP contribution in [-0.2, 0) is 6.42 Å². The Hall–Kier alpha value is -1.32. The van der Waals surface area contributed by atoms with Gasteiger partial charge in [0.2, 0.25) is 0 Å². The van der Waals surface area contributed by atoms with E-state index in [9.17, 15) is 0 Å². The van der Waals surface area contributed by atoms with Crippen molar-refractivity contribution in [1.82, 2.24) is 9.97 Å². The fourth-order valence-corrected chi connectivity index (χ4v) is 3.21. The molecule has 1 unspecified atom stereocenters. The van der Waals surface area contributed by atoms with Crippen LogP contribution in [0.3, 0.4) is 0 Å². The average Bonchev–Trinajstić information content (AvgIpc) is 2.51. The van der Waals surface area contributed by atoms with Crippen molar-refractivity contribution in [1.29, 1.82) is 0 Å². The number of rotatable bonds is 6. The molecule has 1 atom stereocenters. The van der Waals surface area contributed by atoms with Crippen LogP contribution in [0, 0.1) is 6.92 Å². The number of aryl methyl sites for hydroxylation is 1. The molecule has 21 heavy (non-hydrogen) atoms. The molecule has 1 aliphatic heterocycles. The third-order valence-electron chi connectivity index (χ3n) is 4.35. The number of nitrogens with zero attached hydrogens (tertiary/aromatic N) is 3. The smallest absolute Gasteiger partial charge is 0.137 e. The van der Waals surface area contributed by atoms with Crippen molar-refractivity contribution in [2.75, 3.05) is 23.3 Å². The van der Waals surface area contributed by atoms with Gasteiger partial charge >= 0.3 is 0 Å². The van der Waals surface area contributed by atoms with E-state index in [1.807, 2.05) is 0 Å². The molecule has 1 fully saturated rings. The van der Waals surface area contributed by atoms with Gasteiger partial charge in [-0.1, -0.05) is 13.8 Å². The summed E-state index contributed by atoms with van der Waals surface area (Å²) in [5, 5.41) is 3.41. The van der Waals surface area contributed by atoms with Crippen LogP contribution in [0.2, 0.25) is 0 Å². The zero-order chi connectivity index (χ0) is 15.2. The minimum Gasteiger partial charge on any atom is -0.370 e. The van der Waals surface area contributed by atoms with Gasteiger partial charge in [-0.05, 0) is 46.0 Å². The van der Waals surface area contributed by atoms with Gasteiger partial charge in [0, 0.05) is 31.1 Å². The van der Waals surface area contributed by atoms with Crippen LogP contribution < -0.4 is 10.2 Å². The normalized spacial score (nSPS) is 18.9. The van der Waals surface area contributed by atoms with E-state index in [-0.39, 0.29) is 0 Å². The number of aromatic nitrogens is 2. The molecular formula is C17H30N4. The summed E-state index contributed by atoms with van der Waals surface area (Å²) in [6.07, 6.45) is 7.16. The number of anilines is 2. The predicted octanol–water partition coefficient (Wildman–Crippen LogP) is 3.94. The molecule has 1 aliphatic rings. The molecular weight excluding hydrogens is 260 g/mol. The second-order valence-electron chi connectivity index (χ2n) is 5.97. The largest absolute Gasteiger partial charge is 0.370 e. The van der Waals surface area contributed by atoms with Gasteiger partial charge in [0.15, 0.2) is 0 Å². The molecule has 118 valence electrons. The van der Waals surface area contributed by atoms with Crippen molar-refractivity contribution >= 4 is 11.6 Å². The highest BCUT2D eigenvalue weighted by Gasteiger charge is 2.25. The first-order valence-electron chi connectivity index (χ1n) is 8.59. The molecule has 1 saturated heterocycles. The van der Waals surface area contributed by atoms with Crippen molar-refractivity contribution in [3.05, 3.63) is 11.4 Å². The zero-order valence-electron chi connectivity index (χ0n) is 14.1. The predicted molar refractivity (Wildman–Crippen MR) is 90.2 cm³/mol. The average molecular weight is 290 g/mol. The Morgan fingerprint density at radius 2 is 2.00 bits per heavy atom. The first-order chi connectivity index (χ1) is 10.2. The Labute approximate surface area is 129 Å². The van der Waals surface area contributed by atoms with E-state index < -0.39 is 0 Å². The highest BCUT2D eigenvalue weighted by atomic mass is 15.2. The molecule has 0 amide bonds. The third kappa shape index (κ3) is 3.66. The molecule has 1 aromatic heterocycles. The van der Waals surface area contributed by atoms with E-state index in [1.54, 1.807) is 0 Å². The minimum atomic E-state index is 0.635. The molecule has 2 heterocycles. The lowest BCUT2D eigenvalue weighted by molar-refractivity contribution is 0.445. The second-order valence-corrected chi connectivity index (χ2v) is 5.97. The zero-order valence-corrected chi connectivity index (χ0v) is 14.1. The van der Waals surface area contributed by atoms with Crippen LogP contribution in [-0.4, -0.2) is 29.1 Å². The quantitative estimate of drug-likeness (QED) is 0.861. The maximum atomic E-state index is 4.90. The molecule has 0 radical (unpaired) electrons. The first-order valence-corrected chi connectivity index (χ1v) is 8.59. The summed E-state index contributed by atoms with van der Waals surface area (Å²) in [6, 6.07) is 0.635. The Kier molecular flexibility index (Phi) is 5.83. The van der Waals surface area contributed by atoms with Crippen LogP contribution in [0.4, 0.5) is 11.6 Å². The summed E-state index contributed by atoms with van der Waals surface area (Å²) >= 11 is 0. The van der Waals surface area contributed by atoms with Crippen molar-refractivity contribution in [3.8, 4) is 0 Å². The summed E-state index contributed by atoms with van der Waals surface area (Å²) in [4.78, 5) is 12.1. The molecule has 0 aromatic carbocycles. The maximum Gasteiger partial charge on any atom is 0.137 e. The molecule has 1 aromatic rings.